The van der Waals surface area contributed by atoms with Crippen LogP contribution in [0.5, 0.6) is 17.2 Å². The van der Waals surface area contributed by atoms with Gasteiger partial charge in [0.25, 0.3) is 0 Å². The van der Waals surface area contributed by atoms with Gasteiger partial charge in [-0.1, -0.05) is 48.9 Å². The van der Waals surface area contributed by atoms with E-state index in [-0.39, 0.29) is 35.0 Å². The maximum Gasteiger partial charge on any atom is 0.337 e. The van der Waals surface area contributed by atoms with E-state index in [1.54, 1.807) is 31.2 Å². The van der Waals surface area contributed by atoms with E-state index in [2.05, 4.69) is 10.2 Å². The number of aromatic hydroxyl groups is 3. The summed E-state index contributed by atoms with van der Waals surface area (Å²) in [7, 11) is 0. The number of nitrogens with zero attached hydrogens (tertiary/aromatic N) is 2. The fraction of sp³-hybridized carbons (Fsp3) is 0.381. The van der Waals surface area contributed by atoms with E-state index in [1.807, 2.05) is 0 Å². The molecule has 2 unspecified atom stereocenters. The van der Waals surface area contributed by atoms with Crippen LogP contribution in [0.4, 0.5) is 5.69 Å². The number of azo groups is 1. The van der Waals surface area contributed by atoms with E-state index < -0.39 is 11.7 Å². The average molecular weight is 414 g/mol. The summed E-state index contributed by atoms with van der Waals surface area (Å²) in [6, 6.07) is 6.60. The van der Waals surface area contributed by atoms with Crippen molar-refractivity contribution in [1.82, 2.24) is 0 Å². The molecule has 1 heterocycles. The summed E-state index contributed by atoms with van der Waals surface area (Å²) in [5, 5.41) is 40.8. The third-order valence-electron chi connectivity index (χ3n) is 5.41. The van der Waals surface area contributed by atoms with E-state index in [0.29, 0.717) is 21.4 Å². The number of ether oxygens (including phenoxy) is 1. The first-order valence-electron chi connectivity index (χ1n) is 9.68. The Morgan fingerprint density at radius 2 is 1.76 bits per heavy atom. The second kappa shape index (κ2) is 7.94. The summed E-state index contributed by atoms with van der Waals surface area (Å²) in [6.07, 6.45) is 4.05. The summed E-state index contributed by atoms with van der Waals surface area (Å²) in [6.45, 7) is 2.03. The largest absolute Gasteiger partial charge is 0.505 e. The van der Waals surface area contributed by atoms with Crippen LogP contribution in [0.2, 0.25) is 0 Å². The minimum Gasteiger partial charge on any atom is -0.505 e. The molecule has 0 radical (unpaired) electrons. The zero-order chi connectivity index (χ0) is 20.5. The van der Waals surface area contributed by atoms with Crippen LogP contribution in [-0.4, -0.2) is 33.1 Å². The zero-order valence-corrected chi connectivity index (χ0v) is 16.8. The lowest BCUT2D eigenvalue weighted by molar-refractivity contribution is -0.139. The minimum absolute atomic E-state index is 0.0777. The molecule has 2 aromatic carbocycles. The van der Waals surface area contributed by atoms with Crippen LogP contribution in [0.15, 0.2) is 45.1 Å². The summed E-state index contributed by atoms with van der Waals surface area (Å²) in [4.78, 5) is 12.6. The van der Waals surface area contributed by atoms with E-state index in [4.69, 9.17) is 4.74 Å². The second-order valence-electron chi connectivity index (χ2n) is 7.13. The molecule has 152 valence electrons. The fourth-order valence-electron chi connectivity index (χ4n) is 4.02. The summed E-state index contributed by atoms with van der Waals surface area (Å²) < 4.78 is 5.23. The van der Waals surface area contributed by atoms with E-state index in [0.717, 1.165) is 25.7 Å². The molecule has 2 atom stereocenters. The molecule has 0 aromatic heterocycles. The lowest BCUT2D eigenvalue weighted by Crippen LogP contribution is -2.24. The minimum atomic E-state index is -0.552. The summed E-state index contributed by atoms with van der Waals surface area (Å²) >= 11 is 1.49. The van der Waals surface area contributed by atoms with Gasteiger partial charge >= 0.3 is 5.97 Å². The third kappa shape index (κ3) is 3.42. The molecule has 4 rings (SSSR count). The van der Waals surface area contributed by atoms with Gasteiger partial charge in [0.2, 0.25) is 0 Å². The first-order valence-corrected chi connectivity index (χ1v) is 10.6. The summed E-state index contributed by atoms with van der Waals surface area (Å²) in [5.74, 6) is -1.52. The molecule has 0 bridgehead atoms. The van der Waals surface area contributed by atoms with Crippen molar-refractivity contribution in [2.24, 2.45) is 16.1 Å². The molecule has 0 saturated heterocycles. The molecule has 29 heavy (non-hydrogen) atoms. The van der Waals surface area contributed by atoms with Crippen molar-refractivity contribution in [2.45, 2.75) is 37.9 Å². The molecule has 1 fully saturated rings. The second-order valence-corrected chi connectivity index (χ2v) is 8.35. The summed E-state index contributed by atoms with van der Waals surface area (Å²) in [5.41, 5.74) is 0.293. The quantitative estimate of drug-likeness (QED) is 0.277. The fourth-order valence-corrected chi connectivity index (χ4v) is 5.48. The van der Waals surface area contributed by atoms with Crippen LogP contribution in [0, 0.1) is 5.92 Å². The number of hydrogen-bond acceptors (Lipinski definition) is 8. The highest BCUT2D eigenvalue weighted by Crippen LogP contribution is 2.52. The molecular formula is C21H22N2O5S. The number of thioether (sulfide) groups is 1. The van der Waals surface area contributed by atoms with Gasteiger partial charge in [-0.25, -0.2) is 4.79 Å². The van der Waals surface area contributed by atoms with E-state index in [9.17, 15) is 20.1 Å². The molecule has 7 nitrogen and oxygen atoms in total. The van der Waals surface area contributed by atoms with Crippen LogP contribution in [-0.2, 0) is 9.53 Å². The Kier molecular flexibility index (Phi) is 5.36. The van der Waals surface area contributed by atoms with Crippen molar-refractivity contribution in [2.75, 3.05) is 6.61 Å². The van der Waals surface area contributed by atoms with Gasteiger partial charge in [0, 0.05) is 21.9 Å². The topological polar surface area (TPSA) is 112 Å². The molecule has 2 aliphatic rings. The molecule has 1 saturated carbocycles. The predicted molar refractivity (Wildman–Crippen MR) is 110 cm³/mol. The van der Waals surface area contributed by atoms with Crippen LogP contribution < -0.4 is 0 Å². The maximum atomic E-state index is 12.6. The van der Waals surface area contributed by atoms with Gasteiger partial charge in [-0.2, -0.15) is 0 Å². The van der Waals surface area contributed by atoms with Crippen LogP contribution in [0.3, 0.4) is 0 Å². The van der Waals surface area contributed by atoms with Gasteiger partial charge in [-0.15, -0.1) is 10.2 Å². The predicted octanol–water partition coefficient (Wildman–Crippen LogP) is 5.12. The third-order valence-corrected chi connectivity index (χ3v) is 6.80. The molecule has 3 N–H and O–H groups in total. The van der Waals surface area contributed by atoms with Crippen LogP contribution >= 0.6 is 11.8 Å². The van der Waals surface area contributed by atoms with Gasteiger partial charge in [-0.3, -0.25) is 0 Å². The monoisotopic (exact) mass is 414 g/mol. The lowest BCUT2D eigenvalue weighted by Gasteiger charge is -2.25. The molecule has 1 aliphatic carbocycles. The number of rotatable bonds is 4. The highest BCUT2D eigenvalue weighted by Gasteiger charge is 2.41. The van der Waals surface area contributed by atoms with Crippen molar-refractivity contribution in [1.29, 1.82) is 0 Å². The van der Waals surface area contributed by atoms with E-state index >= 15 is 0 Å². The van der Waals surface area contributed by atoms with Crippen molar-refractivity contribution in [3.63, 3.8) is 0 Å². The van der Waals surface area contributed by atoms with Gasteiger partial charge in [0.1, 0.15) is 5.03 Å². The maximum absolute atomic E-state index is 12.6. The number of phenols is 3. The number of benzene rings is 2. The normalized spacial score (nSPS) is 21.7. The van der Waals surface area contributed by atoms with Crippen LogP contribution in [0.25, 0.3) is 10.8 Å². The van der Waals surface area contributed by atoms with Gasteiger partial charge in [0.05, 0.1) is 12.2 Å². The van der Waals surface area contributed by atoms with Gasteiger partial charge < -0.3 is 20.1 Å². The Morgan fingerprint density at radius 3 is 2.48 bits per heavy atom. The first-order chi connectivity index (χ1) is 14.0. The smallest absolute Gasteiger partial charge is 0.337 e. The SMILES string of the molecule is CCOC(=O)C1=C(N=Nc2c(O)c(O)c3ccccc3c2O)SC2CCCCC12. The Hall–Kier alpha value is -2.74. The highest BCUT2D eigenvalue weighted by atomic mass is 32.2. The number of esters is 1. The highest BCUT2D eigenvalue weighted by molar-refractivity contribution is 8.04. The van der Waals surface area contributed by atoms with Crippen LogP contribution in [0.1, 0.15) is 32.6 Å². The average Bonchev–Trinajstić information content (AvgIpc) is 3.10. The van der Waals surface area contributed by atoms with Crippen molar-refractivity contribution in [3.8, 4) is 17.2 Å². The van der Waals surface area contributed by atoms with Crippen molar-refractivity contribution < 1.29 is 24.9 Å². The van der Waals surface area contributed by atoms with Gasteiger partial charge in [-0.05, 0) is 19.8 Å². The molecule has 2 aromatic rings. The van der Waals surface area contributed by atoms with Crippen molar-refractivity contribution in [3.05, 3.63) is 34.9 Å². The lowest BCUT2D eigenvalue weighted by atomic mass is 9.84. The molecular weight excluding hydrogens is 392 g/mol. The Morgan fingerprint density at radius 1 is 1.07 bits per heavy atom. The number of hydrogen-bond donors (Lipinski definition) is 3. The number of carbonyl (C=O) groups excluding carboxylic acids is 1. The molecule has 0 amide bonds. The number of phenolic OH excluding ortho intramolecular Hbond substituents is 3. The molecule has 8 heteroatoms. The number of carbonyl (C=O) groups is 1. The first kappa shape index (κ1) is 19.6. The van der Waals surface area contributed by atoms with E-state index in [1.165, 1.54) is 11.8 Å². The number of fused-ring (bicyclic) bond motifs is 2. The van der Waals surface area contributed by atoms with Crippen molar-refractivity contribution >= 4 is 34.2 Å². The standard InChI is InChI=1S/C21H22N2O5S/c1-2-28-21(27)15-13-9-5-6-10-14(13)29-20(15)23-22-16-17(24)11-7-3-4-8-12(11)18(25)19(16)26/h3-4,7-8,13-14,24-26H,2,5-6,9-10H2,1H3. The van der Waals surface area contributed by atoms with Gasteiger partial charge in [0.15, 0.2) is 22.9 Å². The molecule has 0 spiro atoms. The Labute approximate surface area is 172 Å². The Balaban J connectivity index is 1.77. The zero-order valence-electron chi connectivity index (χ0n) is 16.0. The Bertz CT molecular complexity index is 1030. The molecule has 1 aliphatic heterocycles.